The van der Waals surface area contributed by atoms with E-state index in [1.165, 1.54) is 0 Å². The van der Waals surface area contributed by atoms with Crippen LogP contribution in [0, 0.1) is 0 Å². The first-order valence-electron chi connectivity index (χ1n) is 5.16. The monoisotopic (exact) mass is 309 g/mol. The van der Waals surface area contributed by atoms with E-state index in [4.69, 9.17) is 11.6 Å². The minimum Gasteiger partial charge on any atom is -0.312 e. The molecule has 5 heteroatoms. The van der Waals surface area contributed by atoms with E-state index in [1.54, 1.807) is 0 Å². The predicted molar refractivity (Wildman–Crippen MR) is 72.5 cm³/mol. The molecule has 3 nitrogen and oxygen atoms in total. The minimum absolute atomic E-state index is 0.740. The molecule has 0 saturated heterocycles. The molecule has 0 fully saturated rings. The molecule has 3 rings (SSSR count). The summed E-state index contributed by atoms with van der Waals surface area (Å²) in [5.41, 5.74) is 2.04. The number of hydrogen-bond donors (Lipinski definition) is 0. The van der Waals surface area contributed by atoms with E-state index in [1.807, 2.05) is 46.7 Å². The second-order valence-electron chi connectivity index (χ2n) is 3.82. The Labute approximate surface area is 113 Å². The van der Waals surface area contributed by atoms with E-state index in [2.05, 4.69) is 25.7 Å². The van der Waals surface area contributed by atoms with E-state index in [9.17, 15) is 0 Å². The molecule has 0 amide bonds. The van der Waals surface area contributed by atoms with Crippen molar-refractivity contribution >= 4 is 33.8 Å². The van der Waals surface area contributed by atoms with Gasteiger partial charge in [0.2, 0.25) is 0 Å². The average Bonchev–Trinajstić information content (AvgIpc) is 2.72. The summed E-state index contributed by atoms with van der Waals surface area (Å²) in [6.07, 6.45) is 5.96. The summed E-state index contributed by atoms with van der Waals surface area (Å²) in [6, 6.07) is 7.71. The first kappa shape index (κ1) is 10.9. The van der Waals surface area contributed by atoms with Gasteiger partial charge in [-0.3, -0.25) is 3.93 Å². The Morgan fingerprint density at radius 2 is 2.00 bits per heavy atom. The second-order valence-corrected chi connectivity index (χ2v) is 5.17. The fraction of sp³-hybridized carbons (Fsp3) is 0.0833. The highest BCUT2D eigenvalue weighted by atomic mass is 79.9. The fourth-order valence-corrected chi connectivity index (χ4v) is 2.26. The molecule has 2 aromatic rings. The van der Waals surface area contributed by atoms with Crippen LogP contribution in [0.2, 0.25) is 5.02 Å². The zero-order chi connectivity index (χ0) is 11.8. The Hall–Kier alpha value is -1.26. The topological polar surface area (TPSA) is 21.1 Å². The van der Waals surface area contributed by atoms with Gasteiger partial charge in [0.1, 0.15) is 12.5 Å². The lowest BCUT2D eigenvalue weighted by Gasteiger charge is -2.16. The van der Waals surface area contributed by atoms with Gasteiger partial charge in [-0.1, -0.05) is 23.7 Å². The van der Waals surface area contributed by atoms with Crippen molar-refractivity contribution in [3.63, 3.8) is 0 Å². The first-order valence-corrected chi connectivity index (χ1v) is 6.25. The van der Waals surface area contributed by atoms with E-state index >= 15 is 0 Å². The highest BCUT2D eigenvalue weighted by molar-refractivity contribution is 9.07. The van der Waals surface area contributed by atoms with Crippen LogP contribution in [0.4, 0.5) is 0 Å². The third-order valence-corrected chi connectivity index (χ3v) is 3.33. The molecule has 0 unspecified atom stereocenters. The van der Waals surface area contributed by atoms with Gasteiger partial charge in [-0.2, -0.15) is 0 Å². The minimum atomic E-state index is 0.740. The van der Waals surface area contributed by atoms with Crippen LogP contribution in [0.25, 0.3) is 17.3 Å². The molecule has 0 aliphatic carbocycles. The number of nitrogens with zero attached hydrogens (tertiary/aromatic N) is 3. The number of halogens is 2. The van der Waals surface area contributed by atoms with Gasteiger partial charge in [0.25, 0.3) is 0 Å². The molecule has 0 spiro atoms. The molecule has 86 valence electrons. The Morgan fingerprint density at radius 1 is 1.24 bits per heavy atom. The summed E-state index contributed by atoms with van der Waals surface area (Å²) in [6.45, 7) is 0.756. The normalized spacial score (nSPS) is 13.9. The van der Waals surface area contributed by atoms with Crippen molar-refractivity contribution in [1.82, 2.24) is 13.5 Å². The van der Waals surface area contributed by atoms with Gasteiger partial charge in [-0.15, -0.1) is 0 Å². The predicted octanol–water partition coefficient (Wildman–Crippen LogP) is 3.76. The molecule has 1 aliphatic rings. The van der Waals surface area contributed by atoms with Crippen molar-refractivity contribution in [2.75, 3.05) is 0 Å². The van der Waals surface area contributed by atoms with Gasteiger partial charge in [0.15, 0.2) is 0 Å². The van der Waals surface area contributed by atoms with Crippen molar-refractivity contribution in [1.29, 1.82) is 0 Å². The van der Waals surface area contributed by atoms with Crippen LogP contribution < -0.4 is 0 Å². The van der Waals surface area contributed by atoms with E-state index in [0.717, 1.165) is 28.8 Å². The van der Waals surface area contributed by atoms with Crippen LogP contribution in [0.3, 0.4) is 0 Å². The van der Waals surface area contributed by atoms with Crippen LogP contribution in [0.5, 0.6) is 0 Å². The lowest BCUT2D eigenvalue weighted by molar-refractivity contribution is 0.486. The number of fused-ring (bicyclic) bond motifs is 1. The van der Waals surface area contributed by atoms with Crippen LogP contribution in [0.1, 0.15) is 5.82 Å². The molecule has 2 heterocycles. The van der Waals surface area contributed by atoms with E-state index in [-0.39, 0.29) is 0 Å². The zero-order valence-corrected chi connectivity index (χ0v) is 11.2. The number of rotatable bonds is 1. The summed E-state index contributed by atoms with van der Waals surface area (Å²) >= 11 is 9.28. The number of hydrogen-bond acceptors (Lipinski definition) is 2. The van der Waals surface area contributed by atoms with Gasteiger partial charge in [-0.25, -0.2) is 4.98 Å². The Bertz CT molecular complexity index is 574. The Morgan fingerprint density at radius 3 is 2.76 bits per heavy atom. The second kappa shape index (κ2) is 4.20. The molecular formula is C12H9BrClN3. The quantitative estimate of drug-likeness (QED) is 0.748. The van der Waals surface area contributed by atoms with Crippen molar-refractivity contribution in [3.05, 3.63) is 47.5 Å². The average molecular weight is 311 g/mol. The number of aromatic nitrogens is 2. The maximum Gasteiger partial charge on any atom is 0.136 e. The van der Waals surface area contributed by atoms with Crippen molar-refractivity contribution in [2.24, 2.45) is 0 Å². The van der Waals surface area contributed by atoms with Gasteiger partial charge in [0.05, 0.1) is 21.8 Å². The summed E-state index contributed by atoms with van der Waals surface area (Å²) in [7, 11) is 0. The van der Waals surface area contributed by atoms with Crippen molar-refractivity contribution < 1.29 is 0 Å². The molecule has 1 aromatic heterocycles. The summed E-state index contributed by atoms with van der Waals surface area (Å²) in [5, 5.41) is 0.740. The van der Waals surface area contributed by atoms with Crippen LogP contribution in [0.15, 0.2) is 36.7 Å². The molecule has 0 saturated carbocycles. The van der Waals surface area contributed by atoms with Crippen molar-refractivity contribution in [2.45, 2.75) is 6.67 Å². The Balaban J connectivity index is 2.00. The molecule has 0 bridgehead atoms. The van der Waals surface area contributed by atoms with Crippen LogP contribution >= 0.6 is 27.7 Å². The highest BCUT2D eigenvalue weighted by Gasteiger charge is 2.12. The molecular weight excluding hydrogens is 302 g/mol. The molecule has 0 atom stereocenters. The molecule has 0 N–H and O–H groups in total. The molecule has 0 radical (unpaired) electrons. The van der Waals surface area contributed by atoms with E-state index in [0.29, 0.717) is 0 Å². The van der Waals surface area contributed by atoms with Gasteiger partial charge in [0, 0.05) is 23.0 Å². The maximum absolute atomic E-state index is 5.87. The zero-order valence-electron chi connectivity index (χ0n) is 8.85. The summed E-state index contributed by atoms with van der Waals surface area (Å²) in [4.78, 5) is 4.57. The Kier molecular flexibility index (Phi) is 2.68. The standard InChI is InChI=1S/C12H9BrClN3/c13-17-6-5-12-15-11(7-16(12)8-17)9-1-3-10(14)4-2-9/h1-7H,8H2. The SMILES string of the molecule is Clc1ccc(-c2cn3c(n2)C=CN(Br)C3)cc1. The number of imidazole rings is 1. The van der Waals surface area contributed by atoms with Gasteiger partial charge >= 0.3 is 0 Å². The largest absolute Gasteiger partial charge is 0.312 e. The molecule has 1 aliphatic heterocycles. The first-order chi connectivity index (χ1) is 8.22. The summed E-state index contributed by atoms with van der Waals surface area (Å²) < 4.78 is 4.01. The lowest BCUT2D eigenvalue weighted by atomic mass is 10.2. The molecule has 1 aromatic carbocycles. The van der Waals surface area contributed by atoms with Crippen LogP contribution in [-0.2, 0) is 6.67 Å². The van der Waals surface area contributed by atoms with Gasteiger partial charge < -0.3 is 4.57 Å². The maximum atomic E-state index is 5.87. The number of benzene rings is 1. The van der Waals surface area contributed by atoms with Crippen molar-refractivity contribution in [3.8, 4) is 11.3 Å². The van der Waals surface area contributed by atoms with Gasteiger partial charge in [-0.05, 0) is 18.2 Å². The third-order valence-electron chi connectivity index (χ3n) is 2.62. The van der Waals surface area contributed by atoms with E-state index < -0.39 is 0 Å². The fourth-order valence-electron chi connectivity index (χ4n) is 1.78. The molecule has 17 heavy (non-hydrogen) atoms. The van der Waals surface area contributed by atoms with Crippen LogP contribution in [-0.4, -0.2) is 13.5 Å². The lowest BCUT2D eigenvalue weighted by Crippen LogP contribution is -2.14. The highest BCUT2D eigenvalue weighted by Crippen LogP contribution is 2.23. The smallest absolute Gasteiger partial charge is 0.136 e. The third kappa shape index (κ3) is 2.10. The summed E-state index contributed by atoms with van der Waals surface area (Å²) in [5.74, 6) is 0.964.